The van der Waals surface area contributed by atoms with Crippen molar-refractivity contribution >= 4 is 12.0 Å². The molecule has 0 aliphatic rings. The van der Waals surface area contributed by atoms with Gasteiger partial charge >= 0.3 is 12.0 Å². The lowest BCUT2D eigenvalue weighted by atomic mass is 10.4. The Balaban J connectivity index is 2.36. The molecule has 0 fully saturated rings. The van der Waals surface area contributed by atoms with Crippen LogP contribution in [0.5, 0.6) is 0 Å². The van der Waals surface area contributed by atoms with Gasteiger partial charge in [0.2, 0.25) is 0 Å². The van der Waals surface area contributed by atoms with Gasteiger partial charge in [-0.25, -0.2) is 14.6 Å². The van der Waals surface area contributed by atoms with Crippen LogP contribution in [0.4, 0.5) is 4.79 Å². The summed E-state index contributed by atoms with van der Waals surface area (Å²) in [5.41, 5.74) is 0.00694. The summed E-state index contributed by atoms with van der Waals surface area (Å²) < 4.78 is 1.64. The Morgan fingerprint density at radius 1 is 1.47 bits per heavy atom. The normalized spacial score (nSPS) is 10.2. The number of amides is 2. The first kappa shape index (κ1) is 15.0. The molecule has 1 heterocycles. The van der Waals surface area contributed by atoms with E-state index in [4.69, 9.17) is 5.11 Å². The molecule has 0 spiro atoms. The van der Waals surface area contributed by atoms with Crippen LogP contribution in [-0.2, 0) is 6.54 Å². The molecule has 7 nitrogen and oxygen atoms in total. The number of carboxylic acid groups (broad SMARTS) is 1. The standard InChI is InChI=1S/C12H20N4O3/c1-3-6-16(4-2)12(19)13-5-7-15-8-10(11(17)18)14-9-15/h8-9H,3-7H2,1-2H3,(H,13,19)(H,17,18). The van der Waals surface area contributed by atoms with E-state index in [1.165, 1.54) is 12.5 Å². The van der Waals surface area contributed by atoms with Gasteiger partial charge in [0, 0.05) is 32.4 Å². The van der Waals surface area contributed by atoms with Crippen LogP contribution in [0.2, 0.25) is 0 Å². The molecular weight excluding hydrogens is 248 g/mol. The molecule has 0 aliphatic heterocycles. The van der Waals surface area contributed by atoms with Gasteiger partial charge < -0.3 is 19.9 Å². The van der Waals surface area contributed by atoms with Crippen molar-refractivity contribution in [1.82, 2.24) is 19.8 Å². The molecule has 0 radical (unpaired) electrons. The Morgan fingerprint density at radius 3 is 2.74 bits per heavy atom. The van der Waals surface area contributed by atoms with Crippen LogP contribution >= 0.6 is 0 Å². The summed E-state index contributed by atoms with van der Waals surface area (Å²) in [5.74, 6) is -1.05. The molecule has 1 aromatic rings. The van der Waals surface area contributed by atoms with E-state index in [1.54, 1.807) is 9.47 Å². The van der Waals surface area contributed by atoms with Crippen molar-refractivity contribution in [2.45, 2.75) is 26.8 Å². The van der Waals surface area contributed by atoms with Crippen LogP contribution in [-0.4, -0.2) is 51.2 Å². The third-order valence-electron chi connectivity index (χ3n) is 2.66. The maximum absolute atomic E-state index is 11.8. The molecule has 0 aliphatic carbocycles. The molecule has 106 valence electrons. The average Bonchev–Trinajstić information content (AvgIpc) is 2.84. The van der Waals surface area contributed by atoms with Crippen LogP contribution in [0.15, 0.2) is 12.5 Å². The maximum Gasteiger partial charge on any atom is 0.356 e. The minimum atomic E-state index is -1.05. The molecule has 0 bridgehead atoms. The van der Waals surface area contributed by atoms with Gasteiger partial charge in [-0.2, -0.15) is 0 Å². The van der Waals surface area contributed by atoms with E-state index in [0.29, 0.717) is 19.6 Å². The predicted octanol–water partition coefficient (Wildman–Crippen LogP) is 1.02. The molecule has 7 heteroatoms. The Bertz CT molecular complexity index is 430. The second-order valence-electron chi connectivity index (χ2n) is 4.11. The second kappa shape index (κ2) is 7.40. The zero-order valence-corrected chi connectivity index (χ0v) is 11.3. The summed E-state index contributed by atoms with van der Waals surface area (Å²) in [6.45, 7) is 6.30. The number of hydrogen-bond donors (Lipinski definition) is 2. The van der Waals surface area contributed by atoms with Crippen molar-refractivity contribution < 1.29 is 14.7 Å². The number of aromatic nitrogens is 2. The fraction of sp³-hybridized carbons (Fsp3) is 0.583. The number of imidazole rings is 1. The van der Waals surface area contributed by atoms with Gasteiger partial charge in [-0.3, -0.25) is 0 Å². The van der Waals surface area contributed by atoms with Crippen molar-refractivity contribution in [2.24, 2.45) is 0 Å². The molecule has 0 saturated heterocycles. The number of carbonyl (C=O) groups is 2. The van der Waals surface area contributed by atoms with E-state index in [2.05, 4.69) is 10.3 Å². The summed E-state index contributed by atoms with van der Waals surface area (Å²) in [5, 5.41) is 11.5. The van der Waals surface area contributed by atoms with E-state index in [1.807, 2.05) is 13.8 Å². The van der Waals surface area contributed by atoms with Crippen LogP contribution in [0.25, 0.3) is 0 Å². The fourth-order valence-corrected chi connectivity index (χ4v) is 1.67. The summed E-state index contributed by atoms with van der Waals surface area (Å²) in [6, 6.07) is -0.0945. The zero-order valence-electron chi connectivity index (χ0n) is 11.3. The van der Waals surface area contributed by atoms with Gasteiger partial charge in [-0.1, -0.05) is 6.92 Å². The molecule has 19 heavy (non-hydrogen) atoms. The Kier molecular flexibility index (Phi) is 5.84. The topological polar surface area (TPSA) is 87.5 Å². The fourth-order valence-electron chi connectivity index (χ4n) is 1.67. The molecule has 2 N–H and O–H groups in total. The SMILES string of the molecule is CCCN(CC)C(=O)NCCn1cnc(C(=O)O)c1. The van der Waals surface area contributed by atoms with Gasteiger partial charge in [0.1, 0.15) is 0 Å². The van der Waals surface area contributed by atoms with Crippen LogP contribution in [0, 0.1) is 0 Å². The lowest BCUT2D eigenvalue weighted by Gasteiger charge is -2.20. The first-order valence-electron chi connectivity index (χ1n) is 6.36. The Hall–Kier alpha value is -2.05. The monoisotopic (exact) mass is 268 g/mol. The minimum absolute atomic E-state index is 0.00694. The third-order valence-corrected chi connectivity index (χ3v) is 2.66. The van der Waals surface area contributed by atoms with Crippen molar-refractivity contribution in [1.29, 1.82) is 0 Å². The van der Waals surface area contributed by atoms with Crippen molar-refractivity contribution in [3.05, 3.63) is 18.2 Å². The molecule has 0 unspecified atom stereocenters. The molecule has 0 aromatic carbocycles. The van der Waals surface area contributed by atoms with Gasteiger partial charge in [0.05, 0.1) is 6.33 Å². The summed E-state index contributed by atoms with van der Waals surface area (Å²) in [6.07, 6.45) is 3.81. The first-order valence-corrected chi connectivity index (χ1v) is 6.36. The highest BCUT2D eigenvalue weighted by molar-refractivity contribution is 5.84. The highest BCUT2D eigenvalue weighted by atomic mass is 16.4. The van der Waals surface area contributed by atoms with E-state index in [-0.39, 0.29) is 11.7 Å². The highest BCUT2D eigenvalue weighted by Crippen LogP contribution is 1.96. The number of carbonyl (C=O) groups excluding carboxylic acids is 1. The van der Waals surface area contributed by atoms with Crippen LogP contribution in [0.1, 0.15) is 30.8 Å². The average molecular weight is 268 g/mol. The second-order valence-corrected chi connectivity index (χ2v) is 4.11. The summed E-state index contributed by atoms with van der Waals surface area (Å²) >= 11 is 0. The maximum atomic E-state index is 11.8. The van der Waals surface area contributed by atoms with Gasteiger partial charge in [-0.05, 0) is 13.3 Å². The number of rotatable bonds is 7. The largest absolute Gasteiger partial charge is 0.476 e. The van der Waals surface area contributed by atoms with Crippen LogP contribution < -0.4 is 5.32 Å². The smallest absolute Gasteiger partial charge is 0.356 e. The quantitative estimate of drug-likeness (QED) is 0.773. The molecule has 2 amide bonds. The number of aromatic carboxylic acids is 1. The van der Waals surface area contributed by atoms with E-state index >= 15 is 0 Å². The van der Waals surface area contributed by atoms with Gasteiger partial charge in [0.25, 0.3) is 0 Å². The number of nitrogens with zero attached hydrogens (tertiary/aromatic N) is 3. The molecule has 0 atom stereocenters. The molecule has 1 rings (SSSR count). The Labute approximate surface area is 112 Å². The van der Waals surface area contributed by atoms with Crippen LogP contribution in [0.3, 0.4) is 0 Å². The van der Waals surface area contributed by atoms with Crippen molar-refractivity contribution in [3.8, 4) is 0 Å². The van der Waals surface area contributed by atoms with E-state index in [0.717, 1.165) is 13.0 Å². The highest BCUT2D eigenvalue weighted by Gasteiger charge is 2.10. The number of carboxylic acids is 1. The summed E-state index contributed by atoms with van der Waals surface area (Å²) in [4.78, 5) is 27.9. The molecule has 1 aromatic heterocycles. The summed E-state index contributed by atoms with van der Waals surface area (Å²) in [7, 11) is 0. The lowest BCUT2D eigenvalue weighted by molar-refractivity contribution is 0.0691. The third kappa shape index (κ3) is 4.61. The predicted molar refractivity (Wildman–Crippen MR) is 70.1 cm³/mol. The van der Waals surface area contributed by atoms with Gasteiger partial charge in [0.15, 0.2) is 5.69 Å². The number of hydrogen-bond acceptors (Lipinski definition) is 3. The molecule has 0 saturated carbocycles. The van der Waals surface area contributed by atoms with Crippen molar-refractivity contribution in [3.63, 3.8) is 0 Å². The van der Waals surface area contributed by atoms with Crippen molar-refractivity contribution in [2.75, 3.05) is 19.6 Å². The van der Waals surface area contributed by atoms with Gasteiger partial charge in [-0.15, -0.1) is 0 Å². The zero-order chi connectivity index (χ0) is 14.3. The van der Waals surface area contributed by atoms with E-state index < -0.39 is 5.97 Å². The first-order chi connectivity index (χ1) is 9.08. The number of urea groups is 1. The lowest BCUT2D eigenvalue weighted by Crippen LogP contribution is -2.41. The Morgan fingerprint density at radius 2 is 2.21 bits per heavy atom. The van der Waals surface area contributed by atoms with E-state index in [9.17, 15) is 9.59 Å². The number of nitrogens with one attached hydrogen (secondary N) is 1. The molecular formula is C12H20N4O3. The minimum Gasteiger partial charge on any atom is -0.476 e.